The maximum Gasteiger partial charge on any atom is 0.262 e. The molecule has 6 aliphatic rings. The second-order valence-electron chi connectivity index (χ2n) is 16.0. The van der Waals surface area contributed by atoms with Crippen LogP contribution in [0.15, 0.2) is 54.7 Å². The van der Waals surface area contributed by atoms with Crippen molar-refractivity contribution in [1.82, 2.24) is 20.1 Å². The molecule has 7 heterocycles. The first kappa shape index (κ1) is 35.5. The number of fused-ring (bicyclic) bond motifs is 1. The highest BCUT2D eigenvalue weighted by Gasteiger charge is 2.46. The van der Waals surface area contributed by atoms with E-state index in [1.54, 1.807) is 12.1 Å². The van der Waals surface area contributed by atoms with Crippen LogP contribution >= 0.6 is 11.6 Å². The van der Waals surface area contributed by atoms with Gasteiger partial charge in [0, 0.05) is 93.8 Å². The third kappa shape index (κ3) is 6.35. The van der Waals surface area contributed by atoms with Crippen molar-refractivity contribution in [2.24, 2.45) is 5.41 Å². The smallest absolute Gasteiger partial charge is 0.262 e. The van der Waals surface area contributed by atoms with Crippen LogP contribution in [0.3, 0.4) is 0 Å². The van der Waals surface area contributed by atoms with E-state index < -0.39 is 23.8 Å². The Labute approximate surface area is 325 Å². The molecule has 14 heteroatoms. The zero-order valence-corrected chi connectivity index (χ0v) is 31.7. The van der Waals surface area contributed by atoms with E-state index in [0.29, 0.717) is 33.9 Å². The molecule has 1 spiro atoms. The van der Waals surface area contributed by atoms with Crippen molar-refractivity contribution in [3.63, 3.8) is 0 Å². The molecular weight excluding hydrogens is 718 g/mol. The zero-order chi connectivity index (χ0) is 38.0. The fourth-order valence-corrected chi connectivity index (χ4v) is 9.87. The molecule has 13 nitrogen and oxygen atoms in total. The van der Waals surface area contributed by atoms with Gasteiger partial charge < -0.3 is 19.6 Å². The number of nitrogens with one attached hydrogen (secondary N) is 1. The van der Waals surface area contributed by atoms with Crippen molar-refractivity contribution in [2.75, 3.05) is 78.5 Å². The van der Waals surface area contributed by atoms with Crippen LogP contribution in [0.4, 0.5) is 28.6 Å². The zero-order valence-electron chi connectivity index (χ0n) is 30.9. The molecule has 2 aromatic carbocycles. The highest BCUT2D eigenvalue weighted by Crippen LogP contribution is 2.46. The number of benzene rings is 2. The average molecular weight is 762 g/mol. The number of carbonyl (C=O) groups is 4. The minimum absolute atomic E-state index is 0.0992. The second-order valence-corrected chi connectivity index (χ2v) is 16.5. The standard InChI is InChI=1S/C41H44ClN9O4/c1-26-21-41(25-50(26)28-4-7-34(43-2)33(42)20-28)11-13-46(14-12-41)29-5-9-36(44-22-29)48-17-15-47(16-18-48)30-23-49(24-30)27-3-6-31-32(19-27)40(55)51(39(31)54)35-8-10-37(52)45-38(35)53/h3-7,9,19-20,22,26,30,35H,8,10-18,21,23-25H2,1H3,(H,45,52,53)/t26-,35?/m0/s1. The molecule has 9 rings (SSSR count). The number of nitrogens with zero attached hydrogens (tertiary/aromatic N) is 8. The molecule has 5 saturated heterocycles. The van der Waals surface area contributed by atoms with Crippen molar-refractivity contribution in [3.8, 4) is 0 Å². The van der Waals surface area contributed by atoms with Crippen molar-refractivity contribution in [2.45, 2.75) is 57.2 Å². The second kappa shape index (κ2) is 13.8. The number of halogens is 1. The Morgan fingerprint density at radius 3 is 2.25 bits per heavy atom. The summed E-state index contributed by atoms with van der Waals surface area (Å²) in [4.78, 5) is 71.9. The molecule has 0 saturated carbocycles. The van der Waals surface area contributed by atoms with Gasteiger partial charge in [-0.05, 0) is 80.5 Å². The van der Waals surface area contributed by atoms with E-state index in [9.17, 15) is 19.2 Å². The van der Waals surface area contributed by atoms with Crippen molar-refractivity contribution in [3.05, 3.63) is 82.3 Å². The lowest BCUT2D eigenvalue weighted by Crippen LogP contribution is -2.63. The van der Waals surface area contributed by atoms with Gasteiger partial charge in [0.2, 0.25) is 17.5 Å². The third-order valence-corrected chi connectivity index (χ3v) is 13.2. The molecule has 0 radical (unpaired) electrons. The molecule has 0 bridgehead atoms. The molecule has 5 fully saturated rings. The first-order chi connectivity index (χ1) is 26.6. The van der Waals surface area contributed by atoms with Crippen LogP contribution in [0, 0.1) is 12.0 Å². The molecule has 284 valence electrons. The van der Waals surface area contributed by atoms with Gasteiger partial charge in [-0.15, -0.1) is 0 Å². The van der Waals surface area contributed by atoms with Gasteiger partial charge in [0.15, 0.2) is 0 Å². The van der Waals surface area contributed by atoms with E-state index in [2.05, 4.69) is 53.7 Å². The lowest BCUT2D eigenvalue weighted by Gasteiger charge is -2.49. The first-order valence-corrected chi connectivity index (χ1v) is 19.7. The molecule has 55 heavy (non-hydrogen) atoms. The fraction of sp³-hybridized carbons (Fsp3) is 0.463. The number of hydrogen-bond donors (Lipinski definition) is 1. The average Bonchev–Trinajstić information content (AvgIpc) is 3.62. The maximum atomic E-state index is 13.3. The Morgan fingerprint density at radius 1 is 0.836 bits per heavy atom. The minimum Gasteiger partial charge on any atom is -0.370 e. The summed E-state index contributed by atoms with van der Waals surface area (Å²) in [6, 6.07) is 15.4. The summed E-state index contributed by atoms with van der Waals surface area (Å²) < 4.78 is 0. The molecule has 0 aliphatic carbocycles. The maximum absolute atomic E-state index is 13.3. The number of piperidine rings is 2. The van der Waals surface area contributed by atoms with Crippen LogP contribution < -0.4 is 24.9 Å². The lowest BCUT2D eigenvalue weighted by atomic mass is 9.76. The number of carbonyl (C=O) groups excluding carboxylic acids is 4. The van der Waals surface area contributed by atoms with Crippen LogP contribution in [0.2, 0.25) is 5.02 Å². The predicted molar refractivity (Wildman–Crippen MR) is 210 cm³/mol. The van der Waals surface area contributed by atoms with E-state index in [1.165, 1.54) is 5.69 Å². The Kier molecular flexibility index (Phi) is 8.93. The van der Waals surface area contributed by atoms with Crippen molar-refractivity contribution in [1.29, 1.82) is 0 Å². The van der Waals surface area contributed by atoms with Crippen LogP contribution in [-0.2, 0) is 9.59 Å². The monoisotopic (exact) mass is 761 g/mol. The number of pyridine rings is 1. The van der Waals surface area contributed by atoms with E-state index >= 15 is 0 Å². The molecule has 2 atom stereocenters. The van der Waals surface area contributed by atoms with Crippen LogP contribution in [0.5, 0.6) is 0 Å². The van der Waals surface area contributed by atoms with Crippen LogP contribution in [0.1, 0.15) is 59.7 Å². The number of imide groups is 2. The molecule has 3 aromatic rings. The minimum atomic E-state index is -0.963. The summed E-state index contributed by atoms with van der Waals surface area (Å²) in [5.74, 6) is -0.932. The molecule has 6 aliphatic heterocycles. The van der Waals surface area contributed by atoms with E-state index in [0.717, 1.165) is 100 Å². The van der Waals surface area contributed by atoms with Gasteiger partial charge >= 0.3 is 0 Å². The summed E-state index contributed by atoms with van der Waals surface area (Å²) in [5.41, 5.74) is 4.58. The van der Waals surface area contributed by atoms with E-state index in [1.807, 2.05) is 30.5 Å². The number of amides is 4. The van der Waals surface area contributed by atoms with Gasteiger partial charge in [-0.2, -0.15) is 0 Å². The van der Waals surface area contributed by atoms with Gasteiger partial charge in [-0.1, -0.05) is 17.7 Å². The molecule has 1 aromatic heterocycles. The van der Waals surface area contributed by atoms with Gasteiger partial charge in [-0.25, -0.2) is 9.83 Å². The summed E-state index contributed by atoms with van der Waals surface area (Å²) in [6.07, 6.45) is 5.71. The van der Waals surface area contributed by atoms with Gasteiger partial charge in [0.25, 0.3) is 11.8 Å². The van der Waals surface area contributed by atoms with E-state index in [4.69, 9.17) is 23.2 Å². The quantitative estimate of drug-likeness (QED) is 0.283. The Bertz CT molecular complexity index is 2100. The number of anilines is 4. The van der Waals surface area contributed by atoms with Gasteiger partial charge in [-0.3, -0.25) is 34.3 Å². The molecular formula is C41H44ClN9O4. The van der Waals surface area contributed by atoms with Gasteiger partial charge in [0.1, 0.15) is 11.9 Å². The highest BCUT2D eigenvalue weighted by atomic mass is 35.5. The molecule has 1 N–H and O–H groups in total. The number of aromatic nitrogens is 1. The van der Waals surface area contributed by atoms with E-state index in [-0.39, 0.29) is 24.2 Å². The predicted octanol–water partition coefficient (Wildman–Crippen LogP) is 4.58. The fourth-order valence-electron chi connectivity index (χ4n) is 9.65. The lowest BCUT2D eigenvalue weighted by molar-refractivity contribution is -0.136. The highest BCUT2D eigenvalue weighted by molar-refractivity contribution is 6.33. The SMILES string of the molecule is [C-]#[N+]c1ccc(N2CC3(CCN(c4ccc(N5CCN(C6CN(c7ccc8c(c7)C(=O)N(C7CCC(=O)NC7=O)C8=O)C6)CC5)nc4)CC3)C[C@@H]2C)cc1Cl. The van der Waals surface area contributed by atoms with Crippen LogP contribution in [-0.4, -0.2) is 115 Å². The normalized spacial score (nSPS) is 24.3. The van der Waals surface area contributed by atoms with Gasteiger partial charge in [0.05, 0.1) is 29.6 Å². The van der Waals surface area contributed by atoms with Crippen molar-refractivity contribution < 1.29 is 19.2 Å². The molecule has 1 unspecified atom stereocenters. The summed E-state index contributed by atoms with van der Waals surface area (Å²) in [5, 5.41) is 2.77. The topological polar surface area (TPSA) is 117 Å². The van der Waals surface area contributed by atoms with Crippen molar-refractivity contribution >= 4 is 63.8 Å². The Morgan fingerprint density at radius 2 is 1.56 bits per heavy atom. The first-order valence-electron chi connectivity index (χ1n) is 19.3. The summed E-state index contributed by atoms with van der Waals surface area (Å²) in [6.45, 7) is 18.0. The summed E-state index contributed by atoms with van der Waals surface area (Å²) in [7, 11) is 0. The number of rotatable bonds is 6. The largest absolute Gasteiger partial charge is 0.370 e. The third-order valence-electron chi connectivity index (χ3n) is 12.9. The Hall–Kier alpha value is -5.19. The molecule has 4 amide bonds. The number of piperazine rings is 1. The Balaban J connectivity index is 0.746. The summed E-state index contributed by atoms with van der Waals surface area (Å²) >= 11 is 6.39. The number of hydrogen-bond acceptors (Lipinski definition) is 10. The van der Waals surface area contributed by atoms with Crippen LogP contribution in [0.25, 0.3) is 4.85 Å².